The Morgan fingerprint density at radius 2 is 1.62 bits per heavy atom. The van der Waals surface area contributed by atoms with Gasteiger partial charge in [-0.05, 0) is 55.2 Å². The Hall–Kier alpha value is -0.530. The van der Waals surface area contributed by atoms with E-state index in [1.165, 1.54) is 31.2 Å². The van der Waals surface area contributed by atoms with E-state index in [9.17, 15) is 0 Å². The van der Waals surface area contributed by atoms with E-state index in [0.29, 0.717) is 0 Å². The SMILES string of the molecule is Clc1ccc(CNC(C2CC2)C2CC2)cc1. The highest BCUT2D eigenvalue weighted by atomic mass is 35.5. The monoisotopic (exact) mass is 235 g/mol. The molecule has 1 N–H and O–H groups in total. The van der Waals surface area contributed by atoms with Gasteiger partial charge in [-0.25, -0.2) is 0 Å². The number of rotatable bonds is 5. The summed E-state index contributed by atoms with van der Waals surface area (Å²) in [5.41, 5.74) is 1.34. The molecule has 1 nitrogen and oxygen atoms in total. The molecule has 0 heterocycles. The normalized spacial score (nSPS) is 20.4. The molecular formula is C14H18ClN. The maximum absolute atomic E-state index is 5.87. The van der Waals surface area contributed by atoms with Crippen LogP contribution in [-0.2, 0) is 6.54 Å². The lowest BCUT2D eigenvalue weighted by atomic mass is 10.1. The van der Waals surface area contributed by atoms with Gasteiger partial charge < -0.3 is 5.32 Å². The summed E-state index contributed by atoms with van der Waals surface area (Å²) in [6.07, 6.45) is 5.76. The van der Waals surface area contributed by atoms with Gasteiger partial charge in [0.1, 0.15) is 0 Å². The Morgan fingerprint density at radius 3 is 2.12 bits per heavy atom. The largest absolute Gasteiger partial charge is 0.309 e. The fourth-order valence-corrected chi connectivity index (χ4v) is 2.59. The van der Waals surface area contributed by atoms with Crippen molar-refractivity contribution in [1.29, 1.82) is 0 Å². The molecule has 2 aliphatic rings. The second kappa shape index (κ2) is 4.38. The van der Waals surface area contributed by atoms with E-state index in [4.69, 9.17) is 11.6 Å². The first-order valence-corrected chi connectivity index (χ1v) is 6.68. The third-order valence-electron chi connectivity index (χ3n) is 3.71. The molecule has 0 unspecified atom stereocenters. The van der Waals surface area contributed by atoms with Gasteiger partial charge >= 0.3 is 0 Å². The van der Waals surface area contributed by atoms with Crippen LogP contribution in [0.1, 0.15) is 31.2 Å². The Balaban J connectivity index is 1.56. The Bertz CT molecular complexity index is 340. The molecule has 0 bridgehead atoms. The summed E-state index contributed by atoms with van der Waals surface area (Å²) < 4.78 is 0. The molecule has 2 aliphatic carbocycles. The van der Waals surface area contributed by atoms with E-state index < -0.39 is 0 Å². The molecule has 3 rings (SSSR count). The summed E-state index contributed by atoms with van der Waals surface area (Å²) in [4.78, 5) is 0. The van der Waals surface area contributed by atoms with E-state index in [2.05, 4.69) is 17.4 Å². The Kier molecular flexibility index (Phi) is 2.91. The molecule has 0 radical (unpaired) electrons. The maximum Gasteiger partial charge on any atom is 0.0406 e. The average molecular weight is 236 g/mol. The van der Waals surface area contributed by atoms with Gasteiger partial charge in [-0.3, -0.25) is 0 Å². The van der Waals surface area contributed by atoms with Crippen LogP contribution in [0.4, 0.5) is 0 Å². The van der Waals surface area contributed by atoms with Crippen LogP contribution in [-0.4, -0.2) is 6.04 Å². The quantitative estimate of drug-likeness (QED) is 0.822. The number of hydrogen-bond acceptors (Lipinski definition) is 1. The fourth-order valence-electron chi connectivity index (χ4n) is 2.47. The van der Waals surface area contributed by atoms with Gasteiger partial charge in [0, 0.05) is 17.6 Å². The van der Waals surface area contributed by atoms with Crippen molar-refractivity contribution in [3.63, 3.8) is 0 Å². The predicted molar refractivity (Wildman–Crippen MR) is 67.5 cm³/mol. The minimum atomic E-state index is 0.788. The van der Waals surface area contributed by atoms with Crippen molar-refractivity contribution in [3.8, 4) is 0 Å². The first kappa shape index (κ1) is 10.6. The molecule has 0 aliphatic heterocycles. The lowest BCUT2D eigenvalue weighted by molar-refractivity contribution is 0.416. The molecule has 16 heavy (non-hydrogen) atoms. The zero-order valence-electron chi connectivity index (χ0n) is 9.45. The van der Waals surface area contributed by atoms with Gasteiger partial charge in [-0.2, -0.15) is 0 Å². The lowest BCUT2D eigenvalue weighted by Crippen LogP contribution is -2.32. The number of halogens is 1. The highest BCUT2D eigenvalue weighted by Crippen LogP contribution is 2.44. The van der Waals surface area contributed by atoms with Crippen LogP contribution in [0.2, 0.25) is 5.02 Å². The van der Waals surface area contributed by atoms with Crippen molar-refractivity contribution >= 4 is 11.6 Å². The molecule has 1 aromatic rings. The lowest BCUT2D eigenvalue weighted by Gasteiger charge is -2.17. The summed E-state index contributed by atoms with van der Waals surface area (Å²) in [5.74, 6) is 1.94. The van der Waals surface area contributed by atoms with Crippen LogP contribution in [0.15, 0.2) is 24.3 Å². The summed E-state index contributed by atoms with van der Waals surface area (Å²) >= 11 is 5.87. The van der Waals surface area contributed by atoms with Gasteiger partial charge in [0.15, 0.2) is 0 Å². The summed E-state index contributed by atoms with van der Waals surface area (Å²) in [6, 6.07) is 8.97. The van der Waals surface area contributed by atoms with Crippen LogP contribution >= 0.6 is 11.6 Å². The highest BCUT2D eigenvalue weighted by Gasteiger charge is 2.40. The van der Waals surface area contributed by atoms with E-state index >= 15 is 0 Å². The number of hydrogen-bond donors (Lipinski definition) is 1. The van der Waals surface area contributed by atoms with Crippen LogP contribution in [0.25, 0.3) is 0 Å². The van der Waals surface area contributed by atoms with E-state index in [1.807, 2.05) is 12.1 Å². The predicted octanol–water partition coefficient (Wildman–Crippen LogP) is 3.62. The summed E-state index contributed by atoms with van der Waals surface area (Å²) in [5, 5.41) is 4.56. The highest BCUT2D eigenvalue weighted by molar-refractivity contribution is 6.30. The standard InChI is InChI=1S/C14H18ClN/c15-13-7-1-10(2-8-13)9-16-14(11-3-4-11)12-5-6-12/h1-2,7-8,11-12,14,16H,3-6,9H2. The maximum atomic E-state index is 5.87. The molecule has 0 amide bonds. The van der Waals surface area contributed by atoms with Crippen LogP contribution in [0.3, 0.4) is 0 Å². The summed E-state index contributed by atoms with van der Waals surface area (Å²) in [6.45, 7) is 0.995. The smallest absolute Gasteiger partial charge is 0.0406 e. The molecular weight excluding hydrogens is 218 g/mol. The zero-order valence-corrected chi connectivity index (χ0v) is 10.2. The van der Waals surface area contributed by atoms with Gasteiger partial charge in [0.25, 0.3) is 0 Å². The molecule has 86 valence electrons. The molecule has 1 aromatic carbocycles. The van der Waals surface area contributed by atoms with Crippen molar-refractivity contribution in [1.82, 2.24) is 5.32 Å². The first-order chi connectivity index (χ1) is 7.83. The minimum Gasteiger partial charge on any atom is -0.309 e. The third kappa shape index (κ3) is 2.58. The van der Waals surface area contributed by atoms with E-state index in [0.717, 1.165) is 29.4 Å². The van der Waals surface area contributed by atoms with Crippen LogP contribution in [0, 0.1) is 11.8 Å². The molecule has 2 saturated carbocycles. The second-order valence-electron chi connectivity index (χ2n) is 5.21. The van der Waals surface area contributed by atoms with E-state index in [1.54, 1.807) is 0 Å². The fraction of sp³-hybridized carbons (Fsp3) is 0.571. The Morgan fingerprint density at radius 1 is 1.06 bits per heavy atom. The molecule has 0 aromatic heterocycles. The van der Waals surface area contributed by atoms with Crippen molar-refractivity contribution < 1.29 is 0 Å². The topological polar surface area (TPSA) is 12.0 Å². The first-order valence-electron chi connectivity index (χ1n) is 6.31. The van der Waals surface area contributed by atoms with Crippen LogP contribution in [0.5, 0.6) is 0 Å². The van der Waals surface area contributed by atoms with Crippen molar-refractivity contribution in [2.75, 3.05) is 0 Å². The van der Waals surface area contributed by atoms with Crippen molar-refractivity contribution in [2.24, 2.45) is 11.8 Å². The van der Waals surface area contributed by atoms with Crippen molar-refractivity contribution in [3.05, 3.63) is 34.9 Å². The van der Waals surface area contributed by atoms with Gasteiger partial charge in [0.2, 0.25) is 0 Å². The van der Waals surface area contributed by atoms with E-state index in [-0.39, 0.29) is 0 Å². The summed E-state index contributed by atoms with van der Waals surface area (Å²) in [7, 11) is 0. The second-order valence-corrected chi connectivity index (χ2v) is 5.64. The van der Waals surface area contributed by atoms with Gasteiger partial charge in [-0.1, -0.05) is 23.7 Å². The van der Waals surface area contributed by atoms with Crippen LogP contribution < -0.4 is 5.32 Å². The Labute approximate surface area is 102 Å². The molecule has 0 spiro atoms. The minimum absolute atomic E-state index is 0.788. The average Bonchev–Trinajstić information content (AvgIpc) is 3.15. The third-order valence-corrected chi connectivity index (χ3v) is 3.97. The zero-order chi connectivity index (χ0) is 11.0. The van der Waals surface area contributed by atoms with Gasteiger partial charge in [0.05, 0.1) is 0 Å². The van der Waals surface area contributed by atoms with Crippen molar-refractivity contribution in [2.45, 2.75) is 38.3 Å². The van der Waals surface area contributed by atoms with Gasteiger partial charge in [-0.15, -0.1) is 0 Å². The molecule has 0 saturated heterocycles. The number of benzene rings is 1. The molecule has 0 atom stereocenters. The molecule has 2 heteroatoms. The molecule has 2 fully saturated rings. The number of nitrogens with one attached hydrogen (secondary N) is 1.